The third-order valence-electron chi connectivity index (χ3n) is 2.93. The van der Waals surface area contributed by atoms with Crippen molar-refractivity contribution in [1.29, 1.82) is 5.26 Å². The number of nitriles is 1. The molecule has 0 atom stereocenters. The lowest BCUT2D eigenvalue weighted by molar-refractivity contribution is 0.104. The van der Waals surface area contributed by atoms with Gasteiger partial charge < -0.3 is 10.1 Å². The standard InChI is InChI=1S/C18H16N2O2/c1-2-22-17-8-6-15(7-9-17)18(21)10-11-20-16-5-3-4-14(12-16)13-19/h3-12,20H,2H2,1H3/b11-10+. The molecule has 2 aromatic carbocycles. The number of ether oxygens (including phenoxy) is 1. The fourth-order valence-electron chi connectivity index (χ4n) is 1.87. The molecule has 110 valence electrons. The maximum Gasteiger partial charge on any atom is 0.187 e. The minimum atomic E-state index is -0.105. The summed E-state index contributed by atoms with van der Waals surface area (Å²) in [5, 5.41) is 11.8. The number of benzene rings is 2. The molecule has 0 aliphatic carbocycles. The number of hydrogen-bond donors (Lipinski definition) is 1. The number of carbonyl (C=O) groups excluding carboxylic acids is 1. The average molecular weight is 292 g/mol. The van der Waals surface area contributed by atoms with Crippen molar-refractivity contribution in [3.05, 3.63) is 71.9 Å². The predicted octanol–water partition coefficient (Wildman–Crippen LogP) is 3.77. The van der Waals surface area contributed by atoms with E-state index in [1.807, 2.05) is 13.0 Å². The molecule has 0 aliphatic heterocycles. The number of nitrogens with one attached hydrogen (secondary N) is 1. The number of carbonyl (C=O) groups is 1. The van der Waals surface area contributed by atoms with Gasteiger partial charge in [-0.05, 0) is 49.4 Å². The van der Waals surface area contributed by atoms with Crippen LogP contribution in [-0.4, -0.2) is 12.4 Å². The molecule has 0 saturated heterocycles. The van der Waals surface area contributed by atoms with E-state index in [-0.39, 0.29) is 5.78 Å². The SMILES string of the molecule is CCOc1ccc(C(=O)/C=C/Nc2cccc(C#N)c2)cc1. The van der Waals surface area contributed by atoms with Crippen molar-refractivity contribution in [2.45, 2.75) is 6.92 Å². The van der Waals surface area contributed by atoms with Crippen molar-refractivity contribution < 1.29 is 9.53 Å². The lowest BCUT2D eigenvalue weighted by Gasteiger charge is -2.03. The molecule has 0 spiro atoms. The third-order valence-corrected chi connectivity index (χ3v) is 2.93. The van der Waals surface area contributed by atoms with Crippen LogP contribution in [0.5, 0.6) is 5.75 Å². The molecule has 2 rings (SSSR count). The number of hydrogen-bond acceptors (Lipinski definition) is 4. The number of anilines is 1. The van der Waals surface area contributed by atoms with Crippen LogP contribution in [-0.2, 0) is 0 Å². The number of allylic oxidation sites excluding steroid dienone is 1. The maximum atomic E-state index is 12.0. The summed E-state index contributed by atoms with van der Waals surface area (Å²) in [6.07, 6.45) is 3.02. The highest BCUT2D eigenvalue weighted by Gasteiger charge is 2.01. The first-order valence-electron chi connectivity index (χ1n) is 6.93. The Hall–Kier alpha value is -3.06. The summed E-state index contributed by atoms with van der Waals surface area (Å²) in [4.78, 5) is 12.0. The second-order valence-corrected chi connectivity index (χ2v) is 4.49. The monoisotopic (exact) mass is 292 g/mol. The average Bonchev–Trinajstić information content (AvgIpc) is 2.56. The van der Waals surface area contributed by atoms with Gasteiger partial charge in [0, 0.05) is 23.5 Å². The van der Waals surface area contributed by atoms with Crippen molar-refractivity contribution in [2.24, 2.45) is 0 Å². The Balaban J connectivity index is 1.97. The Morgan fingerprint density at radius 1 is 1.27 bits per heavy atom. The highest BCUT2D eigenvalue weighted by molar-refractivity contribution is 6.04. The van der Waals surface area contributed by atoms with E-state index < -0.39 is 0 Å². The molecule has 2 aromatic rings. The molecular formula is C18H16N2O2. The predicted molar refractivity (Wildman–Crippen MR) is 85.9 cm³/mol. The van der Waals surface area contributed by atoms with Crippen molar-refractivity contribution in [3.63, 3.8) is 0 Å². The van der Waals surface area contributed by atoms with E-state index in [9.17, 15) is 4.79 Å². The van der Waals surface area contributed by atoms with E-state index in [1.165, 1.54) is 6.08 Å². The molecule has 0 aliphatic rings. The summed E-state index contributed by atoms with van der Waals surface area (Å²) in [5.41, 5.74) is 1.92. The molecule has 4 nitrogen and oxygen atoms in total. The minimum Gasteiger partial charge on any atom is -0.494 e. The lowest BCUT2D eigenvalue weighted by Crippen LogP contribution is -1.97. The van der Waals surface area contributed by atoms with Gasteiger partial charge in [-0.25, -0.2) is 0 Å². The van der Waals surface area contributed by atoms with E-state index >= 15 is 0 Å². The van der Waals surface area contributed by atoms with Gasteiger partial charge in [-0.1, -0.05) is 6.07 Å². The first-order chi connectivity index (χ1) is 10.7. The van der Waals surface area contributed by atoms with Gasteiger partial charge in [0.15, 0.2) is 5.78 Å². The summed E-state index contributed by atoms with van der Waals surface area (Å²) >= 11 is 0. The topological polar surface area (TPSA) is 62.1 Å². The largest absolute Gasteiger partial charge is 0.494 e. The zero-order chi connectivity index (χ0) is 15.8. The zero-order valence-electron chi connectivity index (χ0n) is 12.2. The van der Waals surface area contributed by atoms with Crippen LogP contribution < -0.4 is 10.1 Å². The Labute approximate surface area is 129 Å². The second kappa shape index (κ2) is 7.65. The fraction of sp³-hybridized carbons (Fsp3) is 0.111. The molecule has 0 bridgehead atoms. The first-order valence-corrected chi connectivity index (χ1v) is 6.93. The quantitative estimate of drug-likeness (QED) is 0.650. The molecule has 22 heavy (non-hydrogen) atoms. The summed E-state index contributed by atoms with van der Waals surface area (Å²) in [7, 11) is 0. The lowest BCUT2D eigenvalue weighted by atomic mass is 10.1. The molecule has 0 radical (unpaired) electrons. The van der Waals surface area contributed by atoms with Gasteiger partial charge in [0.05, 0.1) is 18.2 Å². The highest BCUT2D eigenvalue weighted by atomic mass is 16.5. The summed E-state index contributed by atoms with van der Waals surface area (Å²) in [6, 6.07) is 16.1. The Bertz CT molecular complexity index is 713. The molecular weight excluding hydrogens is 276 g/mol. The Morgan fingerprint density at radius 2 is 2.05 bits per heavy atom. The van der Waals surface area contributed by atoms with Gasteiger partial charge in [0.25, 0.3) is 0 Å². The molecule has 0 fully saturated rings. The second-order valence-electron chi connectivity index (χ2n) is 4.49. The van der Waals surface area contributed by atoms with Gasteiger partial charge in [0.1, 0.15) is 5.75 Å². The smallest absolute Gasteiger partial charge is 0.187 e. The normalized spacial score (nSPS) is 10.2. The van der Waals surface area contributed by atoms with Crippen LogP contribution in [0.15, 0.2) is 60.8 Å². The van der Waals surface area contributed by atoms with Crippen LogP contribution in [0.4, 0.5) is 5.69 Å². The van der Waals surface area contributed by atoms with Crippen LogP contribution in [0, 0.1) is 11.3 Å². The molecule has 0 saturated carbocycles. The van der Waals surface area contributed by atoms with Crippen molar-refractivity contribution in [3.8, 4) is 11.8 Å². The van der Waals surface area contributed by atoms with E-state index in [0.29, 0.717) is 17.7 Å². The van der Waals surface area contributed by atoms with Crippen LogP contribution in [0.3, 0.4) is 0 Å². The van der Waals surface area contributed by atoms with Gasteiger partial charge in [-0.3, -0.25) is 4.79 Å². The van der Waals surface area contributed by atoms with Crippen molar-refractivity contribution in [1.82, 2.24) is 0 Å². The summed E-state index contributed by atoms with van der Waals surface area (Å²) in [6.45, 7) is 2.51. The van der Waals surface area contributed by atoms with Crippen molar-refractivity contribution in [2.75, 3.05) is 11.9 Å². The van der Waals surface area contributed by atoms with Crippen LogP contribution in [0.25, 0.3) is 0 Å². The molecule has 0 aromatic heterocycles. The number of ketones is 1. The molecule has 0 unspecified atom stereocenters. The van der Waals surface area contributed by atoms with Crippen LogP contribution in [0.2, 0.25) is 0 Å². The first kappa shape index (κ1) is 15.3. The van der Waals surface area contributed by atoms with Gasteiger partial charge in [-0.15, -0.1) is 0 Å². The molecule has 0 amide bonds. The maximum absolute atomic E-state index is 12.0. The van der Waals surface area contributed by atoms with E-state index in [0.717, 1.165) is 11.4 Å². The summed E-state index contributed by atoms with van der Waals surface area (Å²) < 4.78 is 5.33. The summed E-state index contributed by atoms with van der Waals surface area (Å²) in [5.74, 6) is 0.640. The number of rotatable bonds is 6. The Morgan fingerprint density at radius 3 is 2.73 bits per heavy atom. The van der Waals surface area contributed by atoms with Gasteiger partial charge in [-0.2, -0.15) is 5.26 Å². The number of nitrogens with zero attached hydrogens (tertiary/aromatic N) is 1. The fourth-order valence-corrected chi connectivity index (χ4v) is 1.87. The van der Waals surface area contributed by atoms with Crippen LogP contribution in [0.1, 0.15) is 22.8 Å². The Kier molecular flexibility index (Phi) is 5.33. The molecule has 4 heteroatoms. The third kappa shape index (κ3) is 4.22. The molecule has 1 N–H and O–H groups in total. The zero-order valence-corrected chi connectivity index (χ0v) is 12.2. The van der Waals surface area contributed by atoms with Crippen molar-refractivity contribution >= 4 is 11.5 Å². The highest BCUT2D eigenvalue weighted by Crippen LogP contribution is 2.13. The van der Waals surface area contributed by atoms with E-state index in [4.69, 9.17) is 10.00 Å². The van der Waals surface area contributed by atoms with E-state index in [2.05, 4.69) is 11.4 Å². The van der Waals surface area contributed by atoms with Crippen LogP contribution >= 0.6 is 0 Å². The van der Waals surface area contributed by atoms with E-state index in [1.54, 1.807) is 48.7 Å². The molecule has 0 heterocycles. The minimum absolute atomic E-state index is 0.105. The van der Waals surface area contributed by atoms with Gasteiger partial charge >= 0.3 is 0 Å². The van der Waals surface area contributed by atoms with Gasteiger partial charge in [0.2, 0.25) is 0 Å².